The lowest BCUT2D eigenvalue weighted by Gasteiger charge is -2.26. The minimum atomic E-state index is -0.395. The molecular weight excluding hydrogens is 330 g/mol. The van der Waals surface area contributed by atoms with E-state index in [0.29, 0.717) is 23.9 Å². The Balaban J connectivity index is 1.58. The van der Waals surface area contributed by atoms with Gasteiger partial charge >= 0.3 is 0 Å². The van der Waals surface area contributed by atoms with E-state index < -0.39 is 4.92 Å². The lowest BCUT2D eigenvalue weighted by molar-refractivity contribution is -0.384. The molecule has 1 aliphatic heterocycles. The summed E-state index contributed by atoms with van der Waals surface area (Å²) in [5.41, 5.74) is 0.583. The highest BCUT2D eigenvalue weighted by Gasteiger charge is 2.11. The molecule has 0 amide bonds. The number of hydrogen-bond acceptors (Lipinski definition) is 6. The van der Waals surface area contributed by atoms with Gasteiger partial charge in [0.25, 0.3) is 5.69 Å². The Kier molecular flexibility index (Phi) is 7.66. The Bertz CT molecular complexity index is 552. The maximum absolute atomic E-state index is 10.9. The van der Waals surface area contributed by atoms with E-state index in [1.54, 1.807) is 18.2 Å². The first-order valence-corrected chi connectivity index (χ1v) is 8.37. The molecule has 0 radical (unpaired) electrons. The van der Waals surface area contributed by atoms with Crippen LogP contribution in [-0.2, 0) is 4.74 Å². The van der Waals surface area contributed by atoms with Gasteiger partial charge in [-0.05, 0) is 18.3 Å². The number of nitro benzene ring substituents is 1. The summed E-state index contributed by atoms with van der Waals surface area (Å²) in [6, 6.07) is 6.58. The topological polar surface area (TPSA) is 91.7 Å². The van der Waals surface area contributed by atoms with Gasteiger partial charge in [-0.2, -0.15) is 0 Å². The number of anilines is 1. The van der Waals surface area contributed by atoms with E-state index >= 15 is 0 Å². The third-order valence-corrected chi connectivity index (χ3v) is 3.93. The summed E-state index contributed by atoms with van der Waals surface area (Å²) in [6.07, 6.45) is 0. The van der Waals surface area contributed by atoms with Crippen LogP contribution in [0.15, 0.2) is 24.3 Å². The van der Waals surface area contributed by atoms with Gasteiger partial charge in [0.2, 0.25) is 0 Å². The zero-order valence-electron chi connectivity index (χ0n) is 13.5. The predicted octanol–water partition coefficient (Wildman–Crippen LogP) is 0.803. The fourth-order valence-electron chi connectivity index (χ4n) is 2.37. The second-order valence-corrected chi connectivity index (χ2v) is 5.75. The summed E-state index contributed by atoms with van der Waals surface area (Å²) in [5, 5.41) is 20.8. The average Bonchev–Trinajstić information content (AvgIpc) is 2.60. The van der Waals surface area contributed by atoms with Crippen molar-refractivity contribution in [1.82, 2.24) is 15.5 Å². The van der Waals surface area contributed by atoms with E-state index in [1.165, 1.54) is 6.07 Å². The molecule has 0 atom stereocenters. The molecule has 1 aromatic carbocycles. The molecule has 3 N–H and O–H groups in total. The summed E-state index contributed by atoms with van der Waals surface area (Å²) in [7, 11) is 0. The number of ether oxygens (including phenoxy) is 1. The summed E-state index contributed by atoms with van der Waals surface area (Å²) in [6.45, 7) is 6.33. The molecule has 0 aliphatic carbocycles. The zero-order valence-corrected chi connectivity index (χ0v) is 14.3. The number of para-hydroxylation sites is 2. The smallest absolute Gasteiger partial charge is 0.292 e. The number of benzene rings is 1. The van der Waals surface area contributed by atoms with Crippen LogP contribution in [0.2, 0.25) is 0 Å². The van der Waals surface area contributed by atoms with Gasteiger partial charge in [0, 0.05) is 45.3 Å². The number of hydrogen-bond donors (Lipinski definition) is 3. The quantitative estimate of drug-likeness (QED) is 0.274. The van der Waals surface area contributed by atoms with Gasteiger partial charge in [0.15, 0.2) is 5.11 Å². The fraction of sp³-hybridized carbons (Fsp3) is 0.533. The van der Waals surface area contributed by atoms with Crippen LogP contribution in [0.25, 0.3) is 0 Å². The fourth-order valence-corrected chi connectivity index (χ4v) is 2.57. The molecule has 1 fully saturated rings. The maximum atomic E-state index is 10.9. The minimum Gasteiger partial charge on any atom is -0.379 e. The second-order valence-electron chi connectivity index (χ2n) is 5.34. The van der Waals surface area contributed by atoms with Gasteiger partial charge < -0.3 is 20.7 Å². The molecule has 8 nitrogen and oxygen atoms in total. The van der Waals surface area contributed by atoms with Crippen LogP contribution in [-0.4, -0.2) is 67.4 Å². The van der Waals surface area contributed by atoms with Crippen molar-refractivity contribution in [3.63, 3.8) is 0 Å². The average molecular weight is 353 g/mol. The summed E-state index contributed by atoms with van der Waals surface area (Å²) in [4.78, 5) is 12.9. The molecule has 1 aliphatic rings. The van der Waals surface area contributed by atoms with Gasteiger partial charge in [0.1, 0.15) is 5.69 Å². The van der Waals surface area contributed by atoms with Crippen molar-refractivity contribution in [2.24, 2.45) is 0 Å². The van der Waals surface area contributed by atoms with Gasteiger partial charge in [-0.1, -0.05) is 12.1 Å². The molecule has 24 heavy (non-hydrogen) atoms. The number of thiocarbonyl (C=S) groups is 1. The molecular formula is C15H23N5O3S. The van der Waals surface area contributed by atoms with Crippen molar-refractivity contribution in [2.45, 2.75) is 0 Å². The first-order chi connectivity index (χ1) is 11.7. The Morgan fingerprint density at radius 3 is 2.67 bits per heavy atom. The van der Waals surface area contributed by atoms with Crippen molar-refractivity contribution >= 4 is 28.7 Å². The number of rotatable bonds is 8. The first-order valence-electron chi connectivity index (χ1n) is 7.96. The Morgan fingerprint density at radius 2 is 1.92 bits per heavy atom. The Morgan fingerprint density at radius 1 is 1.21 bits per heavy atom. The molecule has 0 aromatic heterocycles. The number of nitrogens with zero attached hydrogens (tertiary/aromatic N) is 2. The number of nitro groups is 1. The van der Waals surface area contributed by atoms with Gasteiger partial charge in [0.05, 0.1) is 18.1 Å². The van der Waals surface area contributed by atoms with Crippen LogP contribution in [0.1, 0.15) is 0 Å². The van der Waals surface area contributed by atoms with Crippen molar-refractivity contribution in [2.75, 3.05) is 57.8 Å². The molecule has 0 bridgehead atoms. The molecule has 1 saturated heterocycles. The number of nitrogens with one attached hydrogen (secondary N) is 3. The highest BCUT2D eigenvalue weighted by Crippen LogP contribution is 2.22. The zero-order chi connectivity index (χ0) is 17.2. The SMILES string of the molecule is O=[N+]([O-])c1ccccc1NCCNC(=S)NCCN1CCOCC1. The summed E-state index contributed by atoms with van der Waals surface area (Å²) >= 11 is 5.22. The lowest BCUT2D eigenvalue weighted by Crippen LogP contribution is -2.44. The summed E-state index contributed by atoms with van der Waals surface area (Å²) in [5.74, 6) is 0. The van der Waals surface area contributed by atoms with Gasteiger partial charge in [-0.15, -0.1) is 0 Å². The highest BCUT2D eigenvalue weighted by molar-refractivity contribution is 7.80. The van der Waals surface area contributed by atoms with Gasteiger partial charge in [-0.25, -0.2) is 0 Å². The van der Waals surface area contributed by atoms with Crippen LogP contribution in [0.5, 0.6) is 0 Å². The van der Waals surface area contributed by atoms with E-state index in [0.717, 1.165) is 39.4 Å². The molecule has 132 valence electrons. The largest absolute Gasteiger partial charge is 0.379 e. The number of morpholine rings is 1. The molecule has 0 unspecified atom stereocenters. The normalized spacial score (nSPS) is 14.8. The summed E-state index contributed by atoms with van der Waals surface area (Å²) < 4.78 is 5.30. The van der Waals surface area contributed by atoms with Crippen LogP contribution < -0.4 is 16.0 Å². The lowest BCUT2D eigenvalue weighted by atomic mass is 10.2. The minimum absolute atomic E-state index is 0.0729. The molecule has 1 heterocycles. The van der Waals surface area contributed by atoms with Crippen molar-refractivity contribution in [1.29, 1.82) is 0 Å². The molecule has 1 aromatic rings. The first kappa shape index (κ1) is 18.4. The van der Waals surface area contributed by atoms with E-state index in [1.807, 2.05) is 0 Å². The van der Waals surface area contributed by atoms with Crippen LogP contribution in [0.3, 0.4) is 0 Å². The molecule has 0 saturated carbocycles. The van der Waals surface area contributed by atoms with Crippen LogP contribution in [0.4, 0.5) is 11.4 Å². The van der Waals surface area contributed by atoms with Crippen molar-refractivity contribution < 1.29 is 9.66 Å². The molecule has 2 rings (SSSR count). The third-order valence-electron chi connectivity index (χ3n) is 3.64. The Labute approximate surface area is 146 Å². The monoisotopic (exact) mass is 353 g/mol. The van der Waals surface area contributed by atoms with Crippen LogP contribution >= 0.6 is 12.2 Å². The molecule has 0 spiro atoms. The van der Waals surface area contributed by atoms with Crippen LogP contribution in [0, 0.1) is 10.1 Å². The van der Waals surface area contributed by atoms with E-state index in [-0.39, 0.29) is 5.69 Å². The van der Waals surface area contributed by atoms with Gasteiger partial charge in [-0.3, -0.25) is 15.0 Å². The van der Waals surface area contributed by atoms with E-state index in [4.69, 9.17) is 17.0 Å². The van der Waals surface area contributed by atoms with E-state index in [2.05, 4.69) is 20.9 Å². The standard InChI is InChI=1S/C15H23N5O3S/c21-20(22)14-4-2-1-3-13(14)16-5-6-17-15(24)18-7-8-19-9-11-23-12-10-19/h1-4,16H,5-12H2,(H2,17,18,24). The van der Waals surface area contributed by atoms with Crippen molar-refractivity contribution in [3.8, 4) is 0 Å². The van der Waals surface area contributed by atoms with E-state index in [9.17, 15) is 10.1 Å². The maximum Gasteiger partial charge on any atom is 0.292 e. The Hall–Kier alpha value is -1.97. The predicted molar refractivity (Wildman–Crippen MR) is 97.4 cm³/mol. The van der Waals surface area contributed by atoms with Crippen molar-refractivity contribution in [3.05, 3.63) is 34.4 Å². The highest BCUT2D eigenvalue weighted by atomic mass is 32.1. The third kappa shape index (κ3) is 6.26. The second kappa shape index (κ2) is 10.0. The molecule has 9 heteroatoms.